The van der Waals surface area contributed by atoms with E-state index in [1.165, 1.54) is 0 Å². The molecule has 0 bridgehead atoms. The fourth-order valence-corrected chi connectivity index (χ4v) is 1.43. The molecular weight excluding hydrogens is 242 g/mol. The van der Waals surface area contributed by atoms with Gasteiger partial charge in [0, 0.05) is 12.1 Å². The smallest absolute Gasteiger partial charge is 0.135 e. The molecule has 0 fully saturated rings. The summed E-state index contributed by atoms with van der Waals surface area (Å²) in [5.74, 6) is 0. The van der Waals surface area contributed by atoms with E-state index in [0.717, 1.165) is 5.69 Å². The van der Waals surface area contributed by atoms with Crippen LogP contribution in [0.2, 0.25) is 10.0 Å². The highest BCUT2D eigenvalue weighted by atomic mass is 35.5. The topological polar surface area (TPSA) is 26.0 Å². The van der Waals surface area contributed by atoms with Crippen molar-refractivity contribution in [3.63, 3.8) is 0 Å². The summed E-state index contributed by atoms with van der Waals surface area (Å²) in [6.45, 7) is 0. The highest BCUT2D eigenvalue weighted by Gasteiger charge is 2.15. The molecule has 0 aliphatic heterocycles. The Morgan fingerprint density at radius 1 is 1.07 bits per heavy atom. The third-order valence-corrected chi connectivity index (χ3v) is 2.46. The molecule has 80 valence electrons. The standard InChI is InChI=1S/C9H13Cl2N2.ClH/c1-13(2,3)6-4-7(10)9(12)8(11)5-6;/h4-5H,12H2,1-3H3;1H/q+1;/p-1. The number of quaternary nitrogens is 1. The third-order valence-electron chi connectivity index (χ3n) is 1.84. The van der Waals surface area contributed by atoms with E-state index in [9.17, 15) is 0 Å². The highest BCUT2D eigenvalue weighted by Crippen LogP contribution is 2.33. The lowest BCUT2D eigenvalue weighted by Crippen LogP contribution is -3.00. The Hall–Kier alpha value is -0.150. The summed E-state index contributed by atoms with van der Waals surface area (Å²) < 4.78 is 0.666. The van der Waals surface area contributed by atoms with Gasteiger partial charge in [-0.15, -0.1) is 0 Å². The molecule has 0 radical (unpaired) electrons. The van der Waals surface area contributed by atoms with Crippen molar-refractivity contribution in [1.82, 2.24) is 4.48 Å². The molecule has 1 aromatic rings. The maximum Gasteiger partial charge on any atom is 0.135 e. The molecule has 0 aliphatic carbocycles. The minimum atomic E-state index is 0. The summed E-state index contributed by atoms with van der Waals surface area (Å²) in [5, 5.41) is 1.02. The highest BCUT2D eigenvalue weighted by molar-refractivity contribution is 6.39. The summed E-state index contributed by atoms with van der Waals surface area (Å²) in [7, 11) is 6.12. The number of halogens is 3. The van der Waals surface area contributed by atoms with Gasteiger partial charge in [-0.25, -0.2) is 0 Å². The zero-order valence-electron chi connectivity index (χ0n) is 8.31. The summed E-state index contributed by atoms with van der Waals surface area (Å²) in [5.41, 5.74) is 7.10. The Labute approximate surface area is 101 Å². The Balaban J connectivity index is 0.00000169. The molecular formula is C9H13Cl3N2. The summed E-state index contributed by atoms with van der Waals surface area (Å²) >= 11 is 11.8. The number of nitrogen functional groups attached to an aromatic ring is 1. The van der Waals surface area contributed by atoms with Crippen molar-refractivity contribution in [3.05, 3.63) is 22.2 Å². The number of nitrogens with zero attached hydrogens (tertiary/aromatic N) is 1. The van der Waals surface area contributed by atoms with Crippen molar-refractivity contribution in [2.24, 2.45) is 0 Å². The molecule has 2 N–H and O–H groups in total. The zero-order valence-corrected chi connectivity index (χ0v) is 10.6. The zero-order chi connectivity index (χ0) is 10.2. The minimum absolute atomic E-state index is 0. The predicted molar refractivity (Wildman–Crippen MR) is 60.4 cm³/mol. The molecule has 1 rings (SSSR count). The van der Waals surface area contributed by atoms with Crippen LogP contribution in [0, 0.1) is 0 Å². The Morgan fingerprint density at radius 2 is 1.43 bits per heavy atom. The molecule has 0 spiro atoms. The molecule has 0 unspecified atom stereocenters. The van der Waals surface area contributed by atoms with Gasteiger partial charge in [0.1, 0.15) is 5.69 Å². The average Bonchev–Trinajstić information content (AvgIpc) is 1.97. The summed E-state index contributed by atoms with van der Waals surface area (Å²) in [6.07, 6.45) is 0. The first kappa shape index (κ1) is 13.8. The van der Waals surface area contributed by atoms with E-state index in [2.05, 4.69) is 0 Å². The second kappa shape index (κ2) is 4.58. The lowest BCUT2D eigenvalue weighted by molar-refractivity contribution is -0.00000280. The van der Waals surface area contributed by atoms with E-state index in [0.29, 0.717) is 20.2 Å². The number of hydrogen-bond acceptors (Lipinski definition) is 1. The maximum atomic E-state index is 5.91. The van der Waals surface area contributed by atoms with Crippen molar-refractivity contribution in [1.29, 1.82) is 0 Å². The first-order valence-corrected chi connectivity index (χ1v) is 4.64. The molecule has 0 atom stereocenters. The normalized spacial score (nSPS) is 10.9. The quantitative estimate of drug-likeness (QED) is 0.545. The average molecular weight is 256 g/mol. The van der Waals surface area contributed by atoms with Crippen LogP contribution in [0.4, 0.5) is 11.4 Å². The van der Waals surface area contributed by atoms with Crippen LogP contribution < -0.4 is 22.6 Å². The Kier molecular flexibility index (Phi) is 4.53. The van der Waals surface area contributed by atoms with Gasteiger partial charge in [0.2, 0.25) is 0 Å². The van der Waals surface area contributed by atoms with E-state index in [1.807, 2.05) is 33.3 Å². The number of benzene rings is 1. The fourth-order valence-electron chi connectivity index (χ4n) is 0.958. The van der Waals surface area contributed by atoms with Crippen molar-refractivity contribution in [3.8, 4) is 0 Å². The maximum absolute atomic E-state index is 5.91. The first-order chi connectivity index (χ1) is 5.82. The summed E-state index contributed by atoms with van der Waals surface area (Å²) in [4.78, 5) is 0. The molecule has 0 saturated carbocycles. The van der Waals surface area contributed by atoms with Gasteiger partial charge in [-0.2, -0.15) is 0 Å². The van der Waals surface area contributed by atoms with Gasteiger partial charge < -0.3 is 18.1 Å². The van der Waals surface area contributed by atoms with Crippen LogP contribution in [0.5, 0.6) is 0 Å². The number of hydrogen-bond donors (Lipinski definition) is 1. The monoisotopic (exact) mass is 254 g/mol. The SMILES string of the molecule is C[N+](C)(C)c1cc(Cl)c(N)c(Cl)c1.[Cl-]. The van der Waals surface area contributed by atoms with Crippen molar-refractivity contribution >= 4 is 34.6 Å². The van der Waals surface area contributed by atoms with Gasteiger partial charge in [-0.1, -0.05) is 23.2 Å². The number of anilines is 1. The molecule has 14 heavy (non-hydrogen) atoms. The lowest BCUT2D eigenvalue weighted by atomic mass is 10.2. The first-order valence-electron chi connectivity index (χ1n) is 3.89. The second-order valence-electron chi connectivity index (χ2n) is 3.84. The van der Waals surface area contributed by atoms with Crippen molar-refractivity contribution < 1.29 is 12.4 Å². The molecule has 0 aromatic heterocycles. The fraction of sp³-hybridized carbons (Fsp3) is 0.333. The number of rotatable bonds is 1. The van der Waals surface area contributed by atoms with Gasteiger partial charge in [0.25, 0.3) is 0 Å². The van der Waals surface area contributed by atoms with E-state index < -0.39 is 0 Å². The minimum Gasteiger partial charge on any atom is -1.00 e. The van der Waals surface area contributed by atoms with Crippen LogP contribution >= 0.6 is 23.2 Å². The predicted octanol–water partition coefficient (Wildman–Crippen LogP) is -0.224. The van der Waals surface area contributed by atoms with Crippen LogP contribution in [0.25, 0.3) is 0 Å². The second-order valence-corrected chi connectivity index (χ2v) is 4.65. The van der Waals surface area contributed by atoms with Crippen LogP contribution in [0.1, 0.15) is 0 Å². The Bertz CT molecular complexity index is 308. The van der Waals surface area contributed by atoms with Crippen molar-refractivity contribution in [2.75, 3.05) is 26.9 Å². The molecule has 1 aromatic carbocycles. The van der Waals surface area contributed by atoms with Crippen molar-refractivity contribution in [2.45, 2.75) is 0 Å². The van der Waals surface area contributed by atoms with Crippen LogP contribution in [0.15, 0.2) is 12.1 Å². The van der Waals surface area contributed by atoms with Gasteiger partial charge in [0.05, 0.1) is 36.9 Å². The Morgan fingerprint density at radius 3 is 1.71 bits per heavy atom. The molecule has 0 aliphatic rings. The van der Waals surface area contributed by atoms with E-state index in [4.69, 9.17) is 28.9 Å². The summed E-state index contributed by atoms with van der Waals surface area (Å²) in [6, 6.07) is 3.67. The molecule has 2 nitrogen and oxygen atoms in total. The third kappa shape index (κ3) is 2.92. The van der Waals surface area contributed by atoms with E-state index in [1.54, 1.807) is 0 Å². The molecule has 0 amide bonds. The lowest BCUT2D eigenvalue weighted by Gasteiger charge is -2.24. The van der Waals surface area contributed by atoms with Crippen LogP contribution in [-0.4, -0.2) is 21.1 Å². The largest absolute Gasteiger partial charge is 1.00 e. The molecule has 0 heterocycles. The van der Waals surface area contributed by atoms with E-state index >= 15 is 0 Å². The molecule has 5 heteroatoms. The van der Waals surface area contributed by atoms with Crippen LogP contribution in [-0.2, 0) is 0 Å². The van der Waals surface area contributed by atoms with Crippen LogP contribution in [0.3, 0.4) is 0 Å². The number of nitrogens with two attached hydrogens (primary N) is 1. The van der Waals surface area contributed by atoms with Gasteiger partial charge in [-0.05, 0) is 0 Å². The van der Waals surface area contributed by atoms with E-state index in [-0.39, 0.29) is 12.4 Å². The van der Waals surface area contributed by atoms with Gasteiger partial charge >= 0.3 is 0 Å². The van der Waals surface area contributed by atoms with Gasteiger partial charge in [-0.3, -0.25) is 4.48 Å². The molecule has 0 saturated heterocycles. The van der Waals surface area contributed by atoms with Gasteiger partial charge in [0.15, 0.2) is 0 Å².